The fraction of sp³-hybridized carbons (Fsp3) is 0.688. The largest absolute Gasteiger partial charge is 0.465 e. The molecule has 5 nitrogen and oxygen atoms in total. The van der Waals surface area contributed by atoms with E-state index in [0.29, 0.717) is 17.9 Å². The lowest BCUT2D eigenvalue weighted by Crippen LogP contribution is -2.35. The molecule has 0 radical (unpaired) electrons. The van der Waals surface area contributed by atoms with Crippen molar-refractivity contribution >= 4 is 5.97 Å². The molecule has 118 valence electrons. The molecule has 5 heteroatoms. The summed E-state index contributed by atoms with van der Waals surface area (Å²) in [6.45, 7) is 4.37. The normalized spacial score (nSPS) is 15.8. The molecular formula is C16H26N2O3. The standard InChI is InChI=1S/C16H26N2O3/c1-12-15(16(19)20-3)10-14(21-12)11-17-8-9-18(2)13-6-4-5-7-13/h10,13,17H,4-9,11H2,1-3H3. The van der Waals surface area contributed by atoms with E-state index in [1.54, 1.807) is 13.0 Å². The smallest absolute Gasteiger partial charge is 0.341 e. The highest BCUT2D eigenvalue weighted by Crippen LogP contribution is 2.21. The quantitative estimate of drug-likeness (QED) is 0.618. The van der Waals surface area contributed by atoms with Gasteiger partial charge in [0, 0.05) is 19.1 Å². The highest BCUT2D eigenvalue weighted by Gasteiger charge is 2.19. The highest BCUT2D eigenvalue weighted by atomic mass is 16.5. The van der Waals surface area contributed by atoms with E-state index in [1.807, 2.05) is 0 Å². The average molecular weight is 294 g/mol. The molecule has 1 aromatic heterocycles. The van der Waals surface area contributed by atoms with Crippen molar-refractivity contribution in [2.24, 2.45) is 0 Å². The number of likely N-dealkylation sites (N-methyl/N-ethyl adjacent to an activating group) is 1. The van der Waals surface area contributed by atoms with Crippen LogP contribution in [0.4, 0.5) is 0 Å². The van der Waals surface area contributed by atoms with Crippen molar-refractivity contribution in [3.05, 3.63) is 23.2 Å². The molecular weight excluding hydrogens is 268 g/mol. The highest BCUT2D eigenvalue weighted by molar-refractivity contribution is 5.90. The molecule has 0 amide bonds. The number of ether oxygens (including phenoxy) is 1. The van der Waals surface area contributed by atoms with Crippen molar-refractivity contribution in [3.8, 4) is 0 Å². The first kappa shape index (κ1) is 16.0. The van der Waals surface area contributed by atoms with Gasteiger partial charge in [-0.2, -0.15) is 0 Å². The van der Waals surface area contributed by atoms with Gasteiger partial charge in [-0.05, 0) is 32.9 Å². The number of aryl methyl sites for hydroxylation is 1. The van der Waals surface area contributed by atoms with E-state index in [2.05, 4.69) is 17.3 Å². The Morgan fingerprint density at radius 3 is 2.86 bits per heavy atom. The maximum Gasteiger partial charge on any atom is 0.341 e. The van der Waals surface area contributed by atoms with Crippen molar-refractivity contribution in [1.82, 2.24) is 10.2 Å². The van der Waals surface area contributed by atoms with Gasteiger partial charge in [-0.15, -0.1) is 0 Å². The number of hydrogen-bond donors (Lipinski definition) is 1. The summed E-state index contributed by atoms with van der Waals surface area (Å²) in [4.78, 5) is 13.9. The molecule has 1 N–H and O–H groups in total. The van der Waals surface area contributed by atoms with Crippen molar-refractivity contribution in [1.29, 1.82) is 0 Å². The minimum absolute atomic E-state index is 0.344. The molecule has 1 heterocycles. The van der Waals surface area contributed by atoms with Gasteiger partial charge in [0.1, 0.15) is 17.1 Å². The fourth-order valence-corrected chi connectivity index (χ4v) is 2.94. The van der Waals surface area contributed by atoms with Crippen LogP contribution in [0.25, 0.3) is 0 Å². The van der Waals surface area contributed by atoms with Crippen LogP contribution in [0.3, 0.4) is 0 Å². The fourth-order valence-electron chi connectivity index (χ4n) is 2.94. The van der Waals surface area contributed by atoms with Crippen LogP contribution in [0.2, 0.25) is 0 Å². The van der Waals surface area contributed by atoms with Crippen LogP contribution in [-0.2, 0) is 11.3 Å². The van der Waals surface area contributed by atoms with E-state index in [-0.39, 0.29) is 5.97 Å². The van der Waals surface area contributed by atoms with Crippen LogP contribution in [0.5, 0.6) is 0 Å². The first-order valence-corrected chi connectivity index (χ1v) is 7.70. The van der Waals surface area contributed by atoms with E-state index in [9.17, 15) is 4.79 Å². The van der Waals surface area contributed by atoms with Crippen LogP contribution >= 0.6 is 0 Å². The van der Waals surface area contributed by atoms with Gasteiger partial charge in [0.25, 0.3) is 0 Å². The Bertz CT molecular complexity index is 464. The summed E-state index contributed by atoms with van der Waals surface area (Å²) in [7, 11) is 3.58. The lowest BCUT2D eigenvalue weighted by molar-refractivity contribution is 0.0599. The van der Waals surface area contributed by atoms with Crippen LogP contribution in [0.15, 0.2) is 10.5 Å². The Labute approximate surface area is 126 Å². The number of hydrogen-bond acceptors (Lipinski definition) is 5. The summed E-state index contributed by atoms with van der Waals surface area (Å²) in [6.07, 6.45) is 5.39. The first-order chi connectivity index (χ1) is 10.1. The summed E-state index contributed by atoms with van der Waals surface area (Å²) in [5.41, 5.74) is 0.511. The maximum atomic E-state index is 11.5. The molecule has 0 atom stereocenters. The van der Waals surface area contributed by atoms with Gasteiger partial charge in [-0.3, -0.25) is 0 Å². The third kappa shape index (κ3) is 4.32. The molecule has 1 aromatic rings. The lowest BCUT2D eigenvalue weighted by atomic mass is 10.2. The second-order valence-electron chi connectivity index (χ2n) is 5.77. The molecule has 2 rings (SSSR count). The van der Waals surface area contributed by atoms with Crippen LogP contribution in [0.1, 0.15) is 47.6 Å². The van der Waals surface area contributed by atoms with Crippen molar-refractivity contribution in [2.45, 2.75) is 45.2 Å². The van der Waals surface area contributed by atoms with Gasteiger partial charge < -0.3 is 19.4 Å². The Hall–Kier alpha value is -1.33. The van der Waals surface area contributed by atoms with Gasteiger partial charge in [-0.1, -0.05) is 12.8 Å². The number of carbonyl (C=O) groups is 1. The average Bonchev–Trinajstić information content (AvgIpc) is 3.12. The third-order valence-corrected chi connectivity index (χ3v) is 4.26. The maximum absolute atomic E-state index is 11.5. The van der Waals surface area contributed by atoms with E-state index >= 15 is 0 Å². The molecule has 0 aliphatic heterocycles. The van der Waals surface area contributed by atoms with E-state index in [4.69, 9.17) is 9.15 Å². The first-order valence-electron chi connectivity index (χ1n) is 7.70. The van der Waals surface area contributed by atoms with Crippen molar-refractivity contribution in [2.75, 3.05) is 27.2 Å². The molecule has 1 aliphatic carbocycles. The number of nitrogens with zero attached hydrogens (tertiary/aromatic N) is 1. The van der Waals surface area contributed by atoms with Crippen molar-refractivity contribution < 1.29 is 13.9 Å². The Morgan fingerprint density at radius 2 is 2.19 bits per heavy atom. The van der Waals surface area contributed by atoms with Crippen molar-refractivity contribution in [3.63, 3.8) is 0 Å². The topological polar surface area (TPSA) is 54.7 Å². The number of furan rings is 1. The number of carbonyl (C=O) groups excluding carboxylic acids is 1. The second-order valence-corrected chi connectivity index (χ2v) is 5.77. The third-order valence-electron chi connectivity index (χ3n) is 4.26. The molecule has 0 bridgehead atoms. The predicted octanol–water partition coefficient (Wildman–Crippen LogP) is 2.34. The predicted molar refractivity (Wildman–Crippen MR) is 81.4 cm³/mol. The SMILES string of the molecule is COC(=O)c1cc(CNCCN(C)C2CCCC2)oc1C. The molecule has 0 unspecified atom stereocenters. The number of nitrogens with one attached hydrogen (secondary N) is 1. The number of esters is 1. The zero-order valence-electron chi connectivity index (χ0n) is 13.3. The van der Waals surface area contributed by atoms with Gasteiger partial charge in [0.2, 0.25) is 0 Å². The lowest BCUT2D eigenvalue weighted by Gasteiger charge is -2.23. The molecule has 1 saturated carbocycles. The summed E-state index contributed by atoms with van der Waals surface area (Å²) in [5.74, 6) is 1.04. The summed E-state index contributed by atoms with van der Waals surface area (Å²) >= 11 is 0. The molecule has 0 spiro atoms. The molecule has 1 aliphatic rings. The summed E-state index contributed by atoms with van der Waals surface area (Å²) in [5, 5.41) is 3.37. The van der Waals surface area contributed by atoms with Crippen LogP contribution in [0, 0.1) is 6.92 Å². The van der Waals surface area contributed by atoms with E-state index in [1.165, 1.54) is 32.8 Å². The monoisotopic (exact) mass is 294 g/mol. The van der Waals surface area contributed by atoms with Crippen LogP contribution < -0.4 is 5.32 Å². The van der Waals surface area contributed by atoms with Gasteiger partial charge in [0.15, 0.2) is 0 Å². The zero-order chi connectivity index (χ0) is 15.2. The summed E-state index contributed by atoms with van der Waals surface area (Å²) in [6, 6.07) is 2.51. The summed E-state index contributed by atoms with van der Waals surface area (Å²) < 4.78 is 10.3. The zero-order valence-corrected chi connectivity index (χ0v) is 13.3. The Balaban J connectivity index is 1.72. The van der Waals surface area contributed by atoms with E-state index < -0.39 is 0 Å². The number of methoxy groups -OCH3 is 1. The molecule has 0 saturated heterocycles. The molecule has 0 aromatic carbocycles. The minimum Gasteiger partial charge on any atom is -0.465 e. The molecule has 1 fully saturated rings. The van der Waals surface area contributed by atoms with Gasteiger partial charge >= 0.3 is 5.97 Å². The van der Waals surface area contributed by atoms with Gasteiger partial charge in [0.05, 0.1) is 13.7 Å². The Morgan fingerprint density at radius 1 is 1.48 bits per heavy atom. The minimum atomic E-state index is -0.344. The number of rotatable bonds is 7. The van der Waals surface area contributed by atoms with Gasteiger partial charge in [-0.25, -0.2) is 4.79 Å². The second kappa shape index (κ2) is 7.61. The van der Waals surface area contributed by atoms with E-state index in [0.717, 1.165) is 24.9 Å². The Kier molecular flexibility index (Phi) is 5.82. The van der Waals surface area contributed by atoms with Crippen LogP contribution in [-0.4, -0.2) is 44.2 Å². The molecule has 21 heavy (non-hydrogen) atoms.